The fourth-order valence-electron chi connectivity index (χ4n) is 3.47. The molecule has 164 valence electrons. The molecule has 0 spiro atoms. The Kier molecular flexibility index (Phi) is 7.38. The first kappa shape index (κ1) is 22.5. The fraction of sp³-hybridized carbons (Fsp3) is 0.348. The number of fused-ring (bicyclic) bond motifs is 1. The number of β-amino-alcohol motifs (C(OH)–C–C–N with tert-alkyl or cyclic N) is 1. The Hall–Kier alpha value is -3.23. The van der Waals surface area contributed by atoms with Crippen LogP contribution in [0.5, 0.6) is 0 Å². The van der Waals surface area contributed by atoms with Crippen molar-refractivity contribution in [1.82, 2.24) is 4.90 Å². The second kappa shape index (κ2) is 10.2. The number of ether oxygens (including phenoxy) is 1. The van der Waals surface area contributed by atoms with Gasteiger partial charge in [-0.05, 0) is 36.4 Å². The Labute approximate surface area is 181 Å². The summed E-state index contributed by atoms with van der Waals surface area (Å²) < 4.78 is 5.13. The maximum atomic E-state index is 12.4. The summed E-state index contributed by atoms with van der Waals surface area (Å²) in [5.41, 5.74) is 2.28. The van der Waals surface area contributed by atoms with E-state index in [2.05, 4.69) is 5.32 Å². The summed E-state index contributed by atoms with van der Waals surface area (Å²) in [6.45, 7) is 5.20. The number of imide groups is 1. The monoisotopic (exact) mass is 425 g/mol. The molecule has 8 heteroatoms. The highest BCUT2D eigenvalue weighted by Gasteiger charge is 2.36. The number of nitrogens with zero attached hydrogens (tertiary/aromatic N) is 2. The van der Waals surface area contributed by atoms with Crippen LogP contribution in [0.2, 0.25) is 0 Å². The van der Waals surface area contributed by atoms with Crippen LogP contribution in [0.15, 0.2) is 48.5 Å². The van der Waals surface area contributed by atoms with E-state index < -0.39 is 6.10 Å². The number of hydrogen-bond acceptors (Lipinski definition) is 6. The van der Waals surface area contributed by atoms with Crippen LogP contribution in [0, 0.1) is 0 Å². The molecular formula is C23H27N3O5. The molecule has 1 saturated heterocycles. The lowest BCUT2D eigenvalue weighted by Gasteiger charge is -2.27. The average Bonchev–Trinajstić information content (AvgIpc) is 3.05. The van der Waals surface area contributed by atoms with Crippen molar-refractivity contribution < 1.29 is 24.2 Å². The first-order valence-electron chi connectivity index (χ1n) is 10.4. The van der Waals surface area contributed by atoms with E-state index in [4.69, 9.17) is 4.74 Å². The van der Waals surface area contributed by atoms with Gasteiger partial charge in [0.25, 0.3) is 17.7 Å². The highest BCUT2D eigenvalue weighted by molar-refractivity contribution is 6.21. The number of carbonyl (C=O) groups excluding carboxylic acids is 3. The highest BCUT2D eigenvalue weighted by Crippen LogP contribution is 2.23. The zero-order valence-corrected chi connectivity index (χ0v) is 17.7. The second-order valence-electron chi connectivity index (χ2n) is 6.95. The Morgan fingerprint density at radius 2 is 1.61 bits per heavy atom. The molecule has 2 aromatic rings. The van der Waals surface area contributed by atoms with Crippen LogP contribution in [0.1, 0.15) is 34.6 Å². The predicted octanol–water partition coefficient (Wildman–Crippen LogP) is 2.15. The van der Waals surface area contributed by atoms with Crippen molar-refractivity contribution in [3.05, 3.63) is 59.7 Å². The molecule has 0 aromatic heterocycles. The van der Waals surface area contributed by atoms with E-state index in [-0.39, 0.29) is 37.4 Å². The Morgan fingerprint density at radius 1 is 1.00 bits per heavy atom. The minimum absolute atomic E-state index is 0.0756. The molecule has 1 atom stereocenters. The molecule has 2 aliphatic rings. The van der Waals surface area contributed by atoms with E-state index in [1.54, 1.807) is 29.2 Å². The second-order valence-corrected chi connectivity index (χ2v) is 6.95. The Bertz CT molecular complexity index is 909. The molecule has 2 heterocycles. The summed E-state index contributed by atoms with van der Waals surface area (Å²) >= 11 is 0. The number of aliphatic hydroxyl groups excluding tert-OH is 1. The molecule has 2 N–H and O–H groups in total. The molecule has 1 fully saturated rings. The SMILES string of the molecule is CC.O=C1c2ccccc2C(=O)N1CC(O)CNc1ccc(N2CCOCC2=O)cc1. The van der Waals surface area contributed by atoms with E-state index in [0.29, 0.717) is 24.3 Å². The number of amides is 3. The summed E-state index contributed by atoms with van der Waals surface area (Å²) in [7, 11) is 0. The van der Waals surface area contributed by atoms with Gasteiger partial charge in [0, 0.05) is 24.5 Å². The number of nitrogens with one attached hydrogen (secondary N) is 1. The molecule has 0 aliphatic carbocycles. The zero-order valence-electron chi connectivity index (χ0n) is 17.7. The number of carbonyl (C=O) groups is 3. The van der Waals surface area contributed by atoms with Crippen molar-refractivity contribution in [2.75, 3.05) is 43.1 Å². The normalized spacial score (nSPS) is 16.5. The maximum absolute atomic E-state index is 12.4. The topological polar surface area (TPSA) is 99.2 Å². The van der Waals surface area contributed by atoms with Gasteiger partial charge in [0.1, 0.15) is 6.61 Å². The maximum Gasteiger partial charge on any atom is 0.261 e. The van der Waals surface area contributed by atoms with Crippen LogP contribution in [0.3, 0.4) is 0 Å². The van der Waals surface area contributed by atoms with Gasteiger partial charge in [-0.1, -0.05) is 26.0 Å². The van der Waals surface area contributed by atoms with E-state index in [1.165, 1.54) is 0 Å². The summed E-state index contributed by atoms with van der Waals surface area (Å²) in [6.07, 6.45) is -0.919. The largest absolute Gasteiger partial charge is 0.389 e. The van der Waals surface area contributed by atoms with Gasteiger partial charge in [-0.15, -0.1) is 0 Å². The molecule has 0 saturated carbocycles. The molecule has 31 heavy (non-hydrogen) atoms. The molecule has 3 amide bonds. The minimum Gasteiger partial charge on any atom is -0.389 e. The summed E-state index contributed by atoms with van der Waals surface area (Å²) in [5.74, 6) is -0.846. The third-order valence-electron chi connectivity index (χ3n) is 4.98. The van der Waals surface area contributed by atoms with Crippen molar-refractivity contribution in [2.24, 2.45) is 0 Å². The number of benzene rings is 2. The first-order valence-corrected chi connectivity index (χ1v) is 10.4. The van der Waals surface area contributed by atoms with Crippen LogP contribution >= 0.6 is 0 Å². The van der Waals surface area contributed by atoms with Crippen LogP contribution in [0.4, 0.5) is 11.4 Å². The third-order valence-corrected chi connectivity index (χ3v) is 4.98. The Morgan fingerprint density at radius 3 is 2.19 bits per heavy atom. The van der Waals surface area contributed by atoms with Gasteiger partial charge >= 0.3 is 0 Å². The molecular weight excluding hydrogens is 398 g/mol. The number of anilines is 2. The molecule has 2 aromatic carbocycles. The lowest BCUT2D eigenvalue weighted by atomic mass is 10.1. The molecule has 0 radical (unpaired) electrons. The first-order chi connectivity index (χ1) is 15.0. The molecule has 1 unspecified atom stereocenters. The third kappa shape index (κ3) is 4.92. The highest BCUT2D eigenvalue weighted by atomic mass is 16.5. The zero-order chi connectivity index (χ0) is 22.4. The van der Waals surface area contributed by atoms with E-state index in [9.17, 15) is 19.5 Å². The van der Waals surface area contributed by atoms with Crippen LogP contribution < -0.4 is 10.2 Å². The van der Waals surface area contributed by atoms with Crippen molar-refractivity contribution in [1.29, 1.82) is 0 Å². The summed E-state index contributed by atoms with van der Waals surface area (Å²) in [6, 6.07) is 13.9. The van der Waals surface area contributed by atoms with Gasteiger partial charge in [-0.3, -0.25) is 19.3 Å². The average molecular weight is 425 g/mol. The molecule has 4 rings (SSSR count). The molecule has 8 nitrogen and oxygen atoms in total. The lowest BCUT2D eigenvalue weighted by molar-refractivity contribution is -0.125. The number of morpholine rings is 1. The van der Waals surface area contributed by atoms with Crippen molar-refractivity contribution in [3.8, 4) is 0 Å². The van der Waals surface area contributed by atoms with Gasteiger partial charge in [-0.2, -0.15) is 0 Å². The van der Waals surface area contributed by atoms with Crippen molar-refractivity contribution >= 4 is 29.1 Å². The number of hydrogen-bond donors (Lipinski definition) is 2. The van der Waals surface area contributed by atoms with Gasteiger partial charge < -0.3 is 20.1 Å². The quantitative estimate of drug-likeness (QED) is 0.688. The van der Waals surface area contributed by atoms with E-state index >= 15 is 0 Å². The van der Waals surface area contributed by atoms with Crippen LogP contribution in [-0.4, -0.2) is 66.7 Å². The summed E-state index contributed by atoms with van der Waals surface area (Å²) in [5, 5.41) is 13.4. The number of rotatable bonds is 6. The van der Waals surface area contributed by atoms with Gasteiger partial charge in [0.15, 0.2) is 0 Å². The minimum atomic E-state index is -0.919. The predicted molar refractivity (Wildman–Crippen MR) is 117 cm³/mol. The van der Waals surface area contributed by atoms with E-state index in [1.807, 2.05) is 38.1 Å². The van der Waals surface area contributed by atoms with Gasteiger partial charge in [-0.25, -0.2) is 0 Å². The lowest BCUT2D eigenvalue weighted by Crippen LogP contribution is -2.41. The van der Waals surface area contributed by atoms with Crippen molar-refractivity contribution in [3.63, 3.8) is 0 Å². The standard InChI is InChI=1S/C21H21N3O5.C2H6/c25-16(12-24-20(27)17-3-1-2-4-18(17)21(24)28)11-22-14-5-7-15(8-6-14)23-9-10-29-13-19(23)26;1-2/h1-8,16,22,25H,9-13H2;1-2H3. The van der Waals surface area contributed by atoms with Crippen molar-refractivity contribution in [2.45, 2.75) is 20.0 Å². The van der Waals surface area contributed by atoms with Gasteiger partial charge in [0.05, 0.1) is 30.4 Å². The van der Waals surface area contributed by atoms with Gasteiger partial charge in [0.2, 0.25) is 0 Å². The Balaban J connectivity index is 0.00000132. The summed E-state index contributed by atoms with van der Waals surface area (Å²) in [4.78, 5) is 39.4. The van der Waals surface area contributed by atoms with Crippen LogP contribution in [-0.2, 0) is 9.53 Å². The molecule has 2 aliphatic heterocycles. The van der Waals surface area contributed by atoms with Crippen LogP contribution in [0.25, 0.3) is 0 Å². The van der Waals surface area contributed by atoms with E-state index in [0.717, 1.165) is 16.3 Å². The smallest absolute Gasteiger partial charge is 0.261 e. The fourth-order valence-corrected chi connectivity index (χ4v) is 3.47. The number of aliphatic hydroxyl groups is 1. The molecule has 0 bridgehead atoms.